The van der Waals surface area contributed by atoms with E-state index in [9.17, 15) is 14.0 Å². The molecule has 154 valence electrons. The maximum Gasteiger partial charge on any atom is 0.258 e. The van der Waals surface area contributed by atoms with E-state index in [1.54, 1.807) is 0 Å². The second kappa shape index (κ2) is 8.92. The Labute approximate surface area is 178 Å². The molecule has 1 aromatic heterocycles. The minimum atomic E-state index is -0.705. The second-order valence-corrected chi connectivity index (χ2v) is 7.03. The van der Waals surface area contributed by atoms with E-state index in [2.05, 4.69) is 20.9 Å². The molecule has 3 rings (SSSR count). The van der Waals surface area contributed by atoms with Gasteiger partial charge in [0.25, 0.3) is 11.8 Å². The van der Waals surface area contributed by atoms with Crippen LogP contribution in [0.5, 0.6) is 0 Å². The van der Waals surface area contributed by atoms with Crippen LogP contribution < -0.4 is 16.0 Å². The Morgan fingerprint density at radius 1 is 1.03 bits per heavy atom. The molecule has 0 atom stereocenters. The number of anilines is 3. The summed E-state index contributed by atoms with van der Waals surface area (Å²) in [6, 6.07) is 11.8. The number of hydrogen-bond donors (Lipinski definition) is 3. The van der Waals surface area contributed by atoms with Gasteiger partial charge in [-0.05, 0) is 43.7 Å². The normalized spacial score (nSPS) is 10.4. The summed E-state index contributed by atoms with van der Waals surface area (Å²) in [5.41, 5.74) is 2.24. The summed E-state index contributed by atoms with van der Waals surface area (Å²) < 4.78 is 14.5. The van der Waals surface area contributed by atoms with Gasteiger partial charge in [0.15, 0.2) is 5.82 Å². The van der Waals surface area contributed by atoms with Gasteiger partial charge in [-0.1, -0.05) is 29.8 Å². The van der Waals surface area contributed by atoms with E-state index in [4.69, 9.17) is 11.6 Å². The molecule has 6 nitrogen and oxygen atoms in total. The molecule has 1 heterocycles. The second-order valence-electron chi connectivity index (χ2n) is 6.63. The molecule has 0 aliphatic heterocycles. The molecule has 0 saturated heterocycles. The molecule has 30 heavy (non-hydrogen) atoms. The van der Waals surface area contributed by atoms with Crippen LogP contribution in [0.2, 0.25) is 5.02 Å². The average Bonchev–Trinajstić information content (AvgIpc) is 2.74. The van der Waals surface area contributed by atoms with E-state index < -0.39 is 11.7 Å². The van der Waals surface area contributed by atoms with Gasteiger partial charge in [0, 0.05) is 29.5 Å². The summed E-state index contributed by atoms with van der Waals surface area (Å²) in [7, 11) is 1.49. The maximum atomic E-state index is 14.5. The number of aryl methyl sites for hydroxylation is 1. The highest BCUT2D eigenvalue weighted by molar-refractivity contribution is 6.31. The first kappa shape index (κ1) is 21.3. The molecule has 2 amide bonds. The molecule has 8 heteroatoms. The number of rotatable bonds is 5. The number of para-hydroxylation sites is 1. The monoisotopic (exact) mass is 426 g/mol. The van der Waals surface area contributed by atoms with E-state index in [1.807, 2.05) is 31.2 Å². The van der Waals surface area contributed by atoms with E-state index in [-0.39, 0.29) is 33.3 Å². The highest BCUT2D eigenvalue weighted by atomic mass is 35.5. The Balaban J connectivity index is 2.00. The van der Waals surface area contributed by atoms with Gasteiger partial charge >= 0.3 is 0 Å². The summed E-state index contributed by atoms with van der Waals surface area (Å²) in [6.07, 6.45) is 1.39. The third kappa shape index (κ3) is 4.41. The Morgan fingerprint density at radius 2 is 1.77 bits per heavy atom. The van der Waals surface area contributed by atoms with Crippen molar-refractivity contribution in [2.75, 3.05) is 17.7 Å². The Bertz CT molecular complexity index is 1130. The number of carbonyl (C=O) groups excluding carboxylic acids is 2. The molecule has 0 unspecified atom stereocenters. The predicted octanol–water partition coefficient (Wildman–Crippen LogP) is 4.85. The van der Waals surface area contributed by atoms with Gasteiger partial charge in [-0.15, -0.1) is 0 Å². The zero-order valence-electron chi connectivity index (χ0n) is 16.6. The molecule has 0 bridgehead atoms. The highest BCUT2D eigenvalue weighted by Gasteiger charge is 2.19. The first-order valence-corrected chi connectivity index (χ1v) is 9.50. The quantitative estimate of drug-likeness (QED) is 0.544. The maximum absolute atomic E-state index is 14.5. The van der Waals surface area contributed by atoms with Gasteiger partial charge in [-0.3, -0.25) is 9.59 Å². The lowest BCUT2D eigenvalue weighted by Crippen LogP contribution is -2.20. The smallest absolute Gasteiger partial charge is 0.258 e. The standard InChI is InChI=1S/C22H20ClFN4O2/c1-12-6-4-5-7-17(12)27-20-18(10-14(11-26-20)21(29)25-3)28-22(30)15-8-9-16(23)13(2)19(15)24/h4-11H,1-3H3,(H,25,29)(H,26,27)(H,28,30). The molecule has 0 aliphatic rings. The number of nitrogens with zero attached hydrogens (tertiary/aromatic N) is 1. The Hall–Kier alpha value is -3.45. The largest absolute Gasteiger partial charge is 0.355 e. The third-order valence-corrected chi connectivity index (χ3v) is 5.00. The van der Waals surface area contributed by atoms with Gasteiger partial charge < -0.3 is 16.0 Å². The molecule has 3 aromatic rings. The van der Waals surface area contributed by atoms with Crippen LogP contribution >= 0.6 is 11.6 Å². The molecule has 0 aliphatic carbocycles. The lowest BCUT2D eigenvalue weighted by Gasteiger charge is -2.15. The van der Waals surface area contributed by atoms with Gasteiger partial charge in [-0.2, -0.15) is 0 Å². The minimum Gasteiger partial charge on any atom is -0.355 e. The number of hydrogen-bond acceptors (Lipinski definition) is 4. The van der Waals surface area contributed by atoms with Crippen LogP contribution in [-0.4, -0.2) is 23.8 Å². The van der Waals surface area contributed by atoms with Crippen molar-refractivity contribution in [3.8, 4) is 0 Å². The molecular weight excluding hydrogens is 407 g/mol. The number of pyridine rings is 1. The minimum absolute atomic E-state index is 0.163. The summed E-state index contributed by atoms with van der Waals surface area (Å²) in [4.78, 5) is 29.1. The molecule has 0 spiro atoms. The summed E-state index contributed by atoms with van der Waals surface area (Å²) in [5.74, 6) is -1.44. The van der Waals surface area contributed by atoms with Crippen molar-refractivity contribution in [2.45, 2.75) is 13.8 Å². The first-order chi connectivity index (χ1) is 14.3. The summed E-state index contributed by atoms with van der Waals surface area (Å²) in [6.45, 7) is 3.42. The fourth-order valence-electron chi connectivity index (χ4n) is 2.80. The van der Waals surface area contributed by atoms with Crippen LogP contribution in [0.3, 0.4) is 0 Å². The fraction of sp³-hybridized carbons (Fsp3) is 0.136. The van der Waals surface area contributed by atoms with Crippen molar-refractivity contribution >= 4 is 40.6 Å². The van der Waals surface area contributed by atoms with Crippen LogP contribution in [0.1, 0.15) is 31.8 Å². The third-order valence-electron chi connectivity index (χ3n) is 4.59. The number of amides is 2. The van der Waals surface area contributed by atoms with Crippen LogP contribution in [-0.2, 0) is 0 Å². The number of nitrogens with one attached hydrogen (secondary N) is 3. The van der Waals surface area contributed by atoms with Crippen molar-refractivity contribution in [2.24, 2.45) is 0 Å². The highest BCUT2D eigenvalue weighted by Crippen LogP contribution is 2.28. The van der Waals surface area contributed by atoms with Gasteiger partial charge in [-0.25, -0.2) is 9.37 Å². The number of aromatic nitrogens is 1. The van der Waals surface area contributed by atoms with Crippen LogP contribution in [0.25, 0.3) is 0 Å². The van der Waals surface area contributed by atoms with Crippen molar-refractivity contribution < 1.29 is 14.0 Å². The molecular formula is C22H20ClFN4O2. The van der Waals surface area contributed by atoms with Crippen molar-refractivity contribution in [3.63, 3.8) is 0 Å². The fourth-order valence-corrected chi connectivity index (χ4v) is 2.94. The van der Waals surface area contributed by atoms with E-state index >= 15 is 0 Å². The predicted molar refractivity (Wildman–Crippen MR) is 116 cm³/mol. The molecule has 2 aromatic carbocycles. The van der Waals surface area contributed by atoms with Crippen molar-refractivity contribution in [1.29, 1.82) is 0 Å². The van der Waals surface area contributed by atoms with Gasteiger partial charge in [0.05, 0.1) is 16.8 Å². The molecule has 3 N–H and O–H groups in total. The topological polar surface area (TPSA) is 83.1 Å². The first-order valence-electron chi connectivity index (χ1n) is 9.12. The van der Waals surface area contributed by atoms with E-state index in [0.29, 0.717) is 5.82 Å². The Morgan fingerprint density at radius 3 is 2.47 bits per heavy atom. The van der Waals surface area contributed by atoms with Crippen molar-refractivity contribution in [1.82, 2.24) is 10.3 Å². The SMILES string of the molecule is CNC(=O)c1cnc(Nc2ccccc2C)c(NC(=O)c2ccc(Cl)c(C)c2F)c1. The van der Waals surface area contributed by atoms with Gasteiger partial charge in [0.1, 0.15) is 5.82 Å². The van der Waals surface area contributed by atoms with Crippen LogP contribution in [0.4, 0.5) is 21.6 Å². The zero-order valence-corrected chi connectivity index (χ0v) is 17.4. The lowest BCUT2D eigenvalue weighted by atomic mass is 10.1. The van der Waals surface area contributed by atoms with Crippen LogP contribution in [0.15, 0.2) is 48.7 Å². The number of carbonyl (C=O) groups is 2. The van der Waals surface area contributed by atoms with E-state index in [1.165, 1.54) is 38.4 Å². The number of halogens is 2. The average molecular weight is 427 g/mol. The number of benzene rings is 2. The molecule has 0 radical (unpaired) electrons. The van der Waals surface area contributed by atoms with Gasteiger partial charge in [0.2, 0.25) is 0 Å². The van der Waals surface area contributed by atoms with Crippen LogP contribution in [0, 0.1) is 19.7 Å². The molecule has 0 saturated carbocycles. The Kier molecular flexibility index (Phi) is 6.32. The molecule has 0 fully saturated rings. The lowest BCUT2D eigenvalue weighted by molar-refractivity contribution is 0.0961. The van der Waals surface area contributed by atoms with E-state index in [0.717, 1.165) is 11.3 Å². The zero-order chi connectivity index (χ0) is 21.8. The van der Waals surface area contributed by atoms with Crippen molar-refractivity contribution in [3.05, 3.63) is 81.8 Å². The summed E-state index contributed by atoms with van der Waals surface area (Å²) in [5, 5.41) is 8.53. The summed E-state index contributed by atoms with van der Waals surface area (Å²) >= 11 is 5.92.